The second kappa shape index (κ2) is 4.76. The summed E-state index contributed by atoms with van der Waals surface area (Å²) in [4.78, 5) is 0. The minimum atomic E-state index is 0.0744. The number of aliphatic hydroxyl groups excluding tert-OH is 1. The number of aliphatic hydroxyl groups is 1. The van der Waals surface area contributed by atoms with E-state index in [0.717, 1.165) is 40.6 Å². The molecule has 1 nitrogen and oxygen atoms in total. The van der Waals surface area contributed by atoms with Gasteiger partial charge in [-0.05, 0) is 0 Å². The topological polar surface area (TPSA) is 20.2 Å². The summed E-state index contributed by atoms with van der Waals surface area (Å²) in [5.41, 5.74) is 0. The predicted octanol–water partition coefficient (Wildman–Crippen LogP) is 0.833. The standard InChI is InChI=1S/C6H12OSe2/c7-6-4-8-2-1-3-9-5-6/h6-7H,1-5H2. The van der Waals surface area contributed by atoms with Crippen molar-refractivity contribution in [3.63, 3.8) is 0 Å². The second-order valence-electron chi connectivity index (χ2n) is 2.16. The second-order valence-corrected chi connectivity index (χ2v) is 6.98. The Morgan fingerprint density at radius 2 is 1.67 bits per heavy atom. The molecule has 1 rings (SSSR count). The van der Waals surface area contributed by atoms with Crippen LogP contribution >= 0.6 is 0 Å². The van der Waals surface area contributed by atoms with Crippen LogP contribution in [0.1, 0.15) is 6.42 Å². The summed E-state index contributed by atoms with van der Waals surface area (Å²) in [5, 5.41) is 14.3. The molecule has 1 N–H and O–H groups in total. The summed E-state index contributed by atoms with van der Waals surface area (Å²) in [5.74, 6) is 0. The monoisotopic (exact) mass is 260 g/mol. The maximum absolute atomic E-state index is 9.25. The van der Waals surface area contributed by atoms with E-state index in [9.17, 15) is 5.11 Å². The average molecular weight is 258 g/mol. The third kappa shape index (κ3) is 3.64. The third-order valence-electron chi connectivity index (χ3n) is 1.20. The molecule has 0 amide bonds. The third-order valence-corrected chi connectivity index (χ3v) is 6.22. The number of hydrogen-bond acceptors (Lipinski definition) is 1. The van der Waals surface area contributed by atoms with E-state index in [1.165, 1.54) is 17.1 Å². The first-order valence-electron chi connectivity index (χ1n) is 3.23. The van der Waals surface area contributed by atoms with Crippen molar-refractivity contribution in [2.75, 3.05) is 0 Å². The molecule has 9 heavy (non-hydrogen) atoms. The first kappa shape index (κ1) is 8.10. The fourth-order valence-corrected chi connectivity index (χ4v) is 6.23. The SMILES string of the molecule is OC1C[Se]CCC[Se]C1. The van der Waals surface area contributed by atoms with Gasteiger partial charge in [-0.3, -0.25) is 0 Å². The molecule has 1 aliphatic rings. The zero-order chi connectivity index (χ0) is 6.53. The minimum absolute atomic E-state index is 0.0744. The molecule has 3 heteroatoms. The van der Waals surface area contributed by atoms with Gasteiger partial charge in [0.25, 0.3) is 0 Å². The van der Waals surface area contributed by atoms with Gasteiger partial charge in [-0.1, -0.05) is 0 Å². The van der Waals surface area contributed by atoms with E-state index in [-0.39, 0.29) is 6.10 Å². The Bertz CT molecular complexity index is 69.5. The molecule has 0 saturated carbocycles. The molecule has 1 saturated heterocycles. The van der Waals surface area contributed by atoms with E-state index in [0.29, 0.717) is 0 Å². The zero-order valence-electron chi connectivity index (χ0n) is 5.38. The van der Waals surface area contributed by atoms with E-state index >= 15 is 0 Å². The summed E-state index contributed by atoms with van der Waals surface area (Å²) in [6.07, 6.45) is 1.51. The van der Waals surface area contributed by atoms with Crippen molar-refractivity contribution in [1.29, 1.82) is 0 Å². The van der Waals surface area contributed by atoms with Crippen LogP contribution in [0.2, 0.25) is 21.3 Å². The van der Waals surface area contributed by atoms with Crippen molar-refractivity contribution in [1.82, 2.24) is 0 Å². The molecule has 0 radical (unpaired) electrons. The Hall–Kier alpha value is 0.999. The fraction of sp³-hybridized carbons (Fsp3) is 1.00. The number of hydrogen-bond donors (Lipinski definition) is 1. The van der Waals surface area contributed by atoms with Crippen LogP contribution < -0.4 is 0 Å². The van der Waals surface area contributed by atoms with E-state index < -0.39 is 0 Å². The van der Waals surface area contributed by atoms with Crippen molar-refractivity contribution in [2.24, 2.45) is 0 Å². The van der Waals surface area contributed by atoms with Crippen LogP contribution in [0.3, 0.4) is 0 Å². The van der Waals surface area contributed by atoms with Gasteiger partial charge >= 0.3 is 68.8 Å². The molecule has 0 aromatic heterocycles. The van der Waals surface area contributed by atoms with Gasteiger partial charge in [0, 0.05) is 0 Å². The summed E-state index contributed by atoms with van der Waals surface area (Å²) in [6.45, 7) is 0. The number of rotatable bonds is 0. The molecule has 1 heterocycles. The van der Waals surface area contributed by atoms with Crippen LogP contribution in [0.5, 0.6) is 0 Å². The molecule has 1 aliphatic heterocycles. The van der Waals surface area contributed by atoms with Crippen LogP contribution in [0.4, 0.5) is 0 Å². The van der Waals surface area contributed by atoms with Crippen LogP contribution in [-0.2, 0) is 0 Å². The van der Waals surface area contributed by atoms with Crippen molar-refractivity contribution in [3.05, 3.63) is 0 Å². The molecule has 54 valence electrons. The Morgan fingerprint density at radius 3 is 2.22 bits per heavy atom. The molecule has 0 aromatic rings. The van der Waals surface area contributed by atoms with Crippen molar-refractivity contribution >= 4 is 29.9 Å². The first-order chi connectivity index (χ1) is 4.39. The fourth-order valence-electron chi connectivity index (χ4n) is 0.750. The van der Waals surface area contributed by atoms with Gasteiger partial charge in [-0.2, -0.15) is 0 Å². The van der Waals surface area contributed by atoms with E-state index in [1.807, 2.05) is 0 Å². The summed E-state index contributed by atoms with van der Waals surface area (Å²) in [7, 11) is 0. The maximum atomic E-state index is 9.25. The Kier molecular flexibility index (Phi) is 4.28. The Morgan fingerprint density at radius 1 is 1.11 bits per heavy atom. The van der Waals surface area contributed by atoms with Crippen LogP contribution in [0, 0.1) is 0 Å². The van der Waals surface area contributed by atoms with Gasteiger partial charge in [-0.15, -0.1) is 0 Å². The molecule has 0 unspecified atom stereocenters. The van der Waals surface area contributed by atoms with Gasteiger partial charge in [0.15, 0.2) is 0 Å². The Labute approximate surface area is 68.9 Å². The van der Waals surface area contributed by atoms with Crippen LogP contribution in [0.15, 0.2) is 0 Å². The molecule has 0 bridgehead atoms. The van der Waals surface area contributed by atoms with Gasteiger partial charge in [0.05, 0.1) is 0 Å². The van der Waals surface area contributed by atoms with Gasteiger partial charge < -0.3 is 0 Å². The average Bonchev–Trinajstić information content (AvgIpc) is 1.79. The quantitative estimate of drug-likeness (QED) is 0.638. The first-order valence-corrected chi connectivity index (χ1v) is 8.07. The normalized spacial score (nSPS) is 25.0. The molecule has 1 fully saturated rings. The van der Waals surface area contributed by atoms with Crippen molar-refractivity contribution in [2.45, 2.75) is 33.8 Å². The van der Waals surface area contributed by atoms with E-state index in [2.05, 4.69) is 0 Å². The van der Waals surface area contributed by atoms with Gasteiger partial charge in [0.1, 0.15) is 0 Å². The zero-order valence-corrected chi connectivity index (χ0v) is 8.80. The molecule has 0 atom stereocenters. The predicted molar refractivity (Wildman–Crippen MR) is 41.4 cm³/mol. The van der Waals surface area contributed by atoms with E-state index in [1.54, 1.807) is 0 Å². The van der Waals surface area contributed by atoms with Crippen molar-refractivity contribution < 1.29 is 5.11 Å². The summed E-state index contributed by atoms with van der Waals surface area (Å²) < 4.78 is 0. The van der Waals surface area contributed by atoms with Gasteiger partial charge in [0.2, 0.25) is 0 Å². The van der Waals surface area contributed by atoms with E-state index in [4.69, 9.17) is 0 Å². The molecular weight excluding hydrogens is 246 g/mol. The Balaban J connectivity index is 2.12. The summed E-state index contributed by atoms with van der Waals surface area (Å²) in [6, 6.07) is 0. The van der Waals surface area contributed by atoms with Crippen LogP contribution in [-0.4, -0.2) is 41.1 Å². The molecule has 0 aliphatic carbocycles. The molecular formula is C6H12OSe2. The summed E-state index contributed by atoms with van der Waals surface area (Å²) >= 11 is 1.52. The molecule has 0 aromatic carbocycles. The van der Waals surface area contributed by atoms with Crippen molar-refractivity contribution in [3.8, 4) is 0 Å². The van der Waals surface area contributed by atoms with Gasteiger partial charge in [-0.25, -0.2) is 0 Å². The van der Waals surface area contributed by atoms with Crippen LogP contribution in [0.25, 0.3) is 0 Å². The molecule has 0 spiro atoms.